The van der Waals surface area contributed by atoms with E-state index in [1.807, 2.05) is 0 Å². The Balaban J connectivity index is 2.28. The molecule has 16 heavy (non-hydrogen) atoms. The summed E-state index contributed by atoms with van der Waals surface area (Å²) in [6.07, 6.45) is 0. The lowest BCUT2D eigenvalue weighted by Gasteiger charge is -2.40. The maximum atomic E-state index is 6.00. The Morgan fingerprint density at radius 1 is 1.38 bits per heavy atom. The maximum Gasteiger partial charge on any atom is 0.0494 e. The number of halogens is 1. The van der Waals surface area contributed by atoms with E-state index in [0.29, 0.717) is 17.2 Å². The third kappa shape index (κ3) is 2.33. The summed E-state index contributed by atoms with van der Waals surface area (Å²) in [5.41, 5.74) is 2.56. The normalized spacial score (nSPS) is 25.8. The number of alkyl halides is 1. The topological polar surface area (TPSA) is 3.24 Å². The summed E-state index contributed by atoms with van der Waals surface area (Å²) in [5, 5.41) is 0.692. The van der Waals surface area contributed by atoms with Crippen LogP contribution in [0, 0.1) is 0 Å². The van der Waals surface area contributed by atoms with Crippen LogP contribution in [0.5, 0.6) is 0 Å². The highest BCUT2D eigenvalue weighted by Gasteiger charge is 2.26. The lowest BCUT2D eigenvalue weighted by Crippen LogP contribution is -2.45. The summed E-state index contributed by atoms with van der Waals surface area (Å²) < 4.78 is 0. The Labute approximate surface area is 107 Å². The van der Waals surface area contributed by atoms with Gasteiger partial charge in [0.05, 0.1) is 0 Å². The van der Waals surface area contributed by atoms with E-state index in [2.05, 4.69) is 54.8 Å². The van der Waals surface area contributed by atoms with Crippen LogP contribution in [0.1, 0.15) is 19.4 Å². The Morgan fingerprint density at radius 2 is 2.12 bits per heavy atom. The summed E-state index contributed by atoms with van der Waals surface area (Å²) in [6.45, 7) is 5.75. The smallest absolute Gasteiger partial charge is 0.0494 e. The van der Waals surface area contributed by atoms with Gasteiger partial charge in [-0.2, -0.15) is 11.8 Å². The Morgan fingerprint density at radius 3 is 2.88 bits per heavy atom. The predicted molar refractivity (Wildman–Crippen MR) is 74.7 cm³/mol. The Kier molecular flexibility index (Phi) is 4.04. The molecule has 2 atom stereocenters. The zero-order valence-electron chi connectivity index (χ0n) is 9.82. The number of benzene rings is 1. The van der Waals surface area contributed by atoms with Crippen molar-refractivity contribution in [3.8, 4) is 0 Å². The minimum atomic E-state index is 0.586. The Hall–Kier alpha value is -0.340. The SMILES string of the molecule is CC1SCCN(c2ccccc2CCl)C1C. The second-order valence-electron chi connectivity index (χ2n) is 4.27. The van der Waals surface area contributed by atoms with Crippen molar-refractivity contribution in [1.29, 1.82) is 0 Å². The molecule has 2 unspecified atom stereocenters. The second kappa shape index (κ2) is 5.33. The van der Waals surface area contributed by atoms with E-state index in [9.17, 15) is 0 Å². The Bertz CT molecular complexity index is 356. The molecular formula is C13H18ClNS. The molecule has 0 aliphatic carbocycles. The first-order chi connectivity index (χ1) is 7.74. The van der Waals surface area contributed by atoms with Gasteiger partial charge in [0.15, 0.2) is 0 Å². The van der Waals surface area contributed by atoms with Crippen molar-refractivity contribution in [2.75, 3.05) is 17.2 Å². The maximum absolute atomic E-state index is 6.00. The van der Waals surface area contributed by atoms with Crippen molar-refractivity contribution in [2.45, 2.75) is 31.0 Å². The first-order valence-corrected chi connectivity index (χ1v) is 7.34. The van der Waals surface area contributed by atoms with Gasteiger partial charge in [-0.05, 0) is 18.6 Å². The van der Waals surface area contributed by atoms with E-state index in [1.165, 1.54) is 17.0 Å². The van der Waals surface area contributed by atoms with Crippen molar-refractivity contribution in [2.24, 2.45) is 0 Å². The average Bonchev–Trinajstić information content (AvgIpc) is 2.33. The highest BCUT2D eigenvalue weighted by atomic mass is 35.5. The quantitative estimate of drug-likeness (QED) is 0.741. The summed E-state index contributed by atoms with van der Waals surface area (Å²) in [5.74, 6) is 1.81. The first kappa shape index (κ1) is 12.1. The van der Waals surface area contributed by atoms with Crippen LogP contribution in [0.3, 0.4) is 0 Å². The molecule has 1 aliphatic heterocycles. The third-order valence-corrected chi connectivity index (χ3v) is 4.95. The van der Waals surface area contributed by atoms with Crippen LogP contribution in [0.25, 0.3) is 0 Å². The molecule has 1 saturated heterocycles. The van der Waals surface area contributed by atoms with E-state index >= 15 is 0 Å². The summed E-state index contributed by atoms with van der Waals surface area (Å²) in [7, 11) is 0. The molecular weight excluding hydrogens is 238 g/mol. The molecule has 0 radical (unpaired) electrons. The number of hydrogen-bond donors (Lipinski definition) is 0. The highest BCUT2D eigenvalue weighted by molar-refractivity contribution is 8.00. The number of rotatable bonds is 2. The summed E-state index contributed by atoms with van der Waals surface area (Å²) in [6, 6.07) is 9.07. The van der Waals surface area contributed by atoms with Crippen LogP contribution in [-0.4, -0.2) is 23.6 Å². The fourth-order valence-electron chi connectivity index (χ4n) is 2.18. The molecule has 1 fully saturated rings. The minimum absolute atomic E-state index is 0.586. The average molecular weight is 256 g/mol. The van der Waals surface area contributed by atoms with Gasteiger partial charge in [0.1, 0.15) is 0 Å². The van der Waals surface area contributed by atoms with Gasteiger partial charge in [0, 0.05) is 35.2 Å². The molecule has 0 bridgehead atoms. The summed E-state index contributed by atoms with van der Waals surface area (Å²) >= 11 is 8.07. The molecule has 2 rings (SSSR count). The van der Waals surface area contributed by atoms with Gasteiger partial charge in [-0.15, -0.1) is 11.6 Å². The first-order valence-electron chi connectivity index (χ1n) is 5.76. The zero-order chi connectivity index (χ0) is 11.5. The van der Waals surface area contributed by atoms with Crippen LogP contribution >= 0.6 is 23.4 Å². The van der Waals surface area contributed by atoms with Crippen molar-refractivity contribution in [1.82, 2.24) is 0 Å². The lowest BCUT2D eigenvalue weighted by atomic mass is 10.1. The summed E-state index contributed by atoms with van der Waals surface area (Å²) in [4.78, 5) is 2.50. The van der Waals surface area contributed by atoms with Gasteiger partial charge in [-0.25, -0.2) is 0 Å². The van der Waals surface area contributed by atoms with Crippen LogP contribution in [0.15, 0.2) is 24.3 Å². The number of para-hydroxylation sites is 1. The lowest BCUT2D eigenvalue weighted by molar-refractivity contribution is 0.626. The molecule has 1 aliphatic rings. The predicted octanol–water partition coefficient (Wildman–Crippen LogP) is 3.76. The van der Waals surface area contributed by atoms with Crippen molar-refractivity contribution >= 4 is 29.1 Å². The number of thioether (sulfide) groups is 1. The second-order valence-corrected chi connectivity index (χ2v) is 6.02. The zero-order valence-corrected chi connectivity index (χ0v) is 11.4. The van der Waals surface area contributed by atoms with Gasteiger partial charge >= 0.3 is 0 Å². The van der Waals surface area contributed by atoms with Gasteiger partial charge in [0.25, 0.3) is 0 Å². The molecule has 1 heterocycles. The molecule has 0 saturated carbocycles. The molecule has 0 N–H and O–H groups in total. The van der Waals surface area contributed by atoms with Gasteiger partial charge in [-0.3, -0.25) is 0 Å². The standard InChI is InChI=1S/C13H18ClNS/c1-10-11(2)16-8-7-15(10)13-6-4-3-5-12(13)9-14/h3-6,10-11H,7-9H2,1-2H3. The number of anilines is 1. The molecule has 1 aromatic carbocycles. The fraction of sp³-hybridized carbons (Fsp3) is 0.538. The van der Waals surface area contributed by atoms with Gasteiger partial charge in [-0.1, -0.05) is 25.1 Å². The van der Waals surface area contributed by atoms with Gasteiger partial charge < -0.3 is 4.90 Å². The molecule has 0 amide bonds. The van der Waals surface area contributed by atoms with Crippen molar-refractivity contribution in [3.63, 3.8) is 0 Å². The van der Waals surface area contributed by atoms with E-state index in [0.717, 1.165) is 6.54 Å². The van der Waals surface area contributed by atoms with E-state index in [4.69, 9.17) is 11.6 Å². The molecule has 0 spiro atoms. The monoisotopic (exact) mass is 255 g/mol. The fourth-order valence-corrected chi connectivity index (χ4v) is 3.50. The van der Waals surface area contributed by atoms with Crippen LogP contribution in [0.4, 0.5) is 5.69 Å². The highest BCUT2D eigenvalue weighted by Crippen LogP contribution is 2.31. The van der Waals surface area contributed by atoms with Crippen LogP contribution < -0.4 is 4.90 Å². The largest absolute Gasteiger partial charge is 0.367 e. The molecule has 1 aromatic rings. The van der Waals surface area contributed by atoms with E-state index in [1.54, 1.807) is 0 Å². The minimum Gasteiger partial charge on any atom is -0.367 e. The number of hydrogen-bond acceptors (Lipinski definition) is 2. The van der Waals surface area contributed by atoms with E-state index in [-0.39, 0.29) is 0 Å². The molecule has 1 nitrogen and oxygen atoms in total. The molecule has 3 heteroatoms. The van der Waals surface area contributed by atoms with Crippen LogP contribution in [0.2, 0.25) is 0 Å². The van der Waals surface area contributed by atoms with Gasteiger partial charge in [0.2, 0.25) is 0 Å². The third-order valence-electron chi connectivity index (χ3n) is 3.33. The van der Waals surface area contributed by atoms with Crippen molar-refractivity contribution in [3.05, 3.63) is 29.8 Å². The number of nitrogens with zero attached hydrogens (tertiary/aromatic N) is 1. The molecule has 88 valence electrons. The van der Waals surface area contributed by atoms with E-state index < -0.39 is 0 Å². The molecule has 0 aromatic heterocycles. The van der Waals surface area contributed by atoms with Crippen LogP contribution in [-0.2, 0) is 5.88 Å². The van der Waals surface area contributed by atoms with Crippen molar-refractivity contribution < 1.29 is 0 Å².